The highest BCUT2D eigenvalue weighted by molar-refractivity contribution is 6.30. The molecule has 0 N–H and O–H groups in total. The normalized spacial score (nSPS) is 26.9. The Morgan fingerprint density at radius 2 is 1.94 bits per heavy atom. The Hall–Kier alpha value is -2.03. The summed E-state index contributed by atoms with van der Waals surface area (Å²) >= 11 is 6.52. The van der Waals surface area contributed by atoms with E-state index >= 15 is 0 Å². The molecule has 3 amide bonds. The lowest BCUT2D eigenvalue weighted by molar-refractivity contribution is -0.0923. The van der Waals surface area contributed by atoms with E-state index in [9.17, 15) is 9.59 Å². The predicted molar refractivity (Wildman–Crippen MR) is 127 cm³/mol. The van der Waals surface area contributed by atoms with Gasteiger partial charge in [-0.1, -0.05) is 11.6 Å². The number of urea groups is 1. The van der Waals surface area contributed by atoms with Crippen LogP contribution in [0, 0.1) is 0 Å². The molecule has 3 atom stereocenters. The van der Waals surface area contributed by atoms with Gasteiger partial charge in [0.2, 0.25) is 0 Å². The average molecular weight is 492 g/mol. The van der Waals surface area contributed by atoms with Gasteiger partial charge >= 0.3 is 12.1 Å². The van der Waals surface area contributed by atoms with Gasteiger partial charge in [0.1, 0.15) is 5.60 Å². The predicted octanol–water partition coefficient (Wildman–Crippen LogP) is 3.99. The summed E-state index contributed by atoms with van der Waals surface area (Å²) in [7, 11) is 0. The molecular weight excluding hydrogens is 458 g/mol. The maximum atomic E-state index is 13.5. The number of rotatable bonds is 1. The maximum Gasteiger partial charge on any atom is 0.410 e. The van der Waals surface area contributed by atoms with Gasteiger partial charge in [0, 0.05) is 31.2 Å². The molecule has 2 bridgehead atoms. The number of amides is 3. The number of benzene rings is 1. The minimum atomic E-state index is -0.589. The molecule has 2 unspecified atom stereocenters. The fourth-order valence-corrected chi connectivity index (χ4v) is 5.73. The van der Waals surface area contributed by atoms with E-state index in [0.717, 1.165) is 36.0 Å². The van der Waals surface area contributed by atoms with Crippen molar-refractivity contribution < 1.29 is 23.8 Å². The molecule has 9 heteroatoms. The maximum absolute atomic E-state index is 13.5. The zero-order valence-corrected chi connectivity index (χ0v) is 21.0. The number of halogens is 1. The van der Waals surface area contributed by atoms with Crippen molar-refractivity contribution in [3.05, 3.63) is 33.8 Å². The molecule has 34 heavy (non-hydrogen) atoms. The summed E-state index contributed by atoms with van der Waals surface area (Å²) in [5.41, 5.74) is 2.54. The topological polar surface area (TPSA) is 71.5 Å². The summed E-state index contributed by atoms with van der Waals surface area (Å²) in [5, 5.41) is 0.633. The second-order valence-electron chi connectivity index (χ2n) is 10.7. The molecular formula is C25H34ClN3O5. The van der Waals surface area contributed by atoms with Gasteiger partial charge < -0.3 is 24.0 Å². The van der Waals surface area contributed by atoms with Crippen molar-refractivity contribution in [2.45, 2.75) is 70.4 Å². The van der Waals surface area contributed by atoms with Crippen LogP contribution in [0.25, 0.3) is 0 Å². The zero-order valence-electron chi connectivity index (χ0n) is 20.2. The van der Waals surface area contributed by atoms with Crippen LogP contribution in [-0.2, 0) is 27.2 Å². The molecule has 0 aromatic heterocycles. The molecule has 186 valence electrons. The molecule has 6 rings (SSSR count). The molecule has 4 fully saturated rings. The lowest BCUT2D eigenvalue weighted by Crippen LogP contribution is -2.60. The number of carbonyl (C=O) groups excluding carboxylic acids is 2. The van der Waals surface area contributed by atoms with Crippen LogP contribution >= 0.6 is 11.6 Å². The van der Waals surface area contributed by atoms with Crippen LogP contribution in [0.2, 0.25) is 5.02 Å². The van der Waals surface area contributed by atoms with Crippen LogP contribution in [0.15, 0.2) is 12.1 Å². The molecule has 5 heterocycles. The van der Waals surface area contributed by atoms with Crippen LogP contribution in [0.4, 0.5) is 9.59 Å². The summed E-state index contributed by atoms with van der Waals surface area (Å²) in [6, 6.07) is 3.83. The van der Waals surface area contributed by atoms with Crippen LogP contribution < -0.4 is 0 Å². The van der Waals surface area contributed by atoms with Gasteiger partial charge in [-0.05, 0) is 68.9 Å². The third-order valence-corrected chi connectivity index (χ3v) is 7.38. The smallest absolute Gasteiger partial charge is 0.410 e. The first kappa shape index (κ1) is 23.7. The van der Waals surface area contributed by atoms with Gasteiger partial charge in [0.15, 0.2) is 0 Å². The SMILES string of the molecule is CC(C)(C)OC(=O)N1CCOC[C@H]1c1cc(Cl)cc2c1CN(C(=O)N1CC3CCC1CO3)CC2. The van der Waals surface area contributed by atoms with E-state index in [1.54, 1.807) is 4.90 Å². The Morgan fingerprint density at radius 3 is 2.62 bits per heavy atom. The van der Waals surface area contributed by atoms with Crippen LogP contribution in [0.5, 0.6) is 0 Å². The number of piperidine rings is 1. The van der Waals surface area contributed by atoms with Gasteiger partial charge in [-0.3, -0.25) is 4.90 Å². The molecule has 0 saturated carbocycles. The molecule has 5 aliphatic heterocycles. The summed E-state index contributed by atoms with van der Waals surface area (Å²) in [4.78, 5) is 32.2. The average Bonchev–Trinajstić information content (AvgIpc) is 2.82. The Morgan fingerprint density at radius 1 is 1.12 bits per heavy atom. The summed E-state index contributed by atoms with van der Waals surface area (Å²) in [6.45, 7) is 9.31. The minimum absolute atomic E-state index is 0.0773. The van der Waals surface area contributed by atoms with Crippen molar-refractivity contribution in [2.75, 3.05) is 39.5 Å². The van der Waals surface area contributed by atoms with Crippen molar-refractivity contribution in [1.29, 1.82) is 0 Å². The highest BCUT2D eigenvalue weighted by Gasteiger charge is 2.40. The van der Waals surface area contributed by atoms with Gasteiger partial charge in [0.05, 0.1) is 38.0 Å². The monoisotopic (exact) mass is 491 g/mol. The Labute approximate surface area is 206 Å². The zero-order chi connectivity index (χ0) is 24.0. The van der Waals surface area contributed by atoms with Gasteiger partial charge in [-0.15, -0.1) is 0 Å². The van der Waals surface area contributed by atoms with Crippen molar-refractivity contribution in [3.8, 4) is 0 Å². The van der Waals surface area contributed by atoms with Crippen molar-refractivity contribution >= 4 is 23.7 Å². The minimum Gasteiger partial charge on any atom is -0.444 e. The van der Waals surface area contributed by atoms with E-state index in [-0.39, 0.29) is 30.3 Å². The third kappa shape index (κ3) is 4.72. The molecule has 8 nitrogen and oxygen atoms in total. The van der Waals surface area contributed by atoms with Crippen molar-refractivity contribution in [3.63, 3.8) is 0 Å². The number of hydrogen-bond donors (Lipinski definition) is 0. The number of morpholine rings is 2. The number of hydrogen-bond acceptors (Lipinski definition) is 5. The number of carbonyl (C=O) groups is 2. The van der Waals surface area contributed by atoms with E-state index < -0.39 is 5.60 Å². The van der Waals surface area contributed by atoms with Crippen molar-refractivity contribution in [1.82, 2.24) is 14.7 Å². The molecule has 1 aromatic carbocycles. The fraction of sp³-hybridized carbons (Fsp3) is 0.680. The standard InChI is InChI=1S/C25H34ClN3O5/c1-25(2,3)34-24(31)28-8-9-32-15-22(28)20-11-17(26)10-16-6-7-27(13-21(16)20)23(30)29-12-19-5-4-18(29)14-33-19/h10-11,18-19,22H,4-9,12-15H2,1-3H3/t18?,19?,22-/m0/s1. The molecule has 0 spiro atoms. The first-order chi connectivity index (χ1) is 16.2. The lowest BCUT2D eigenvalue weighted by atomic mass is 9.90. The van der Waals surface area contributed by atoms with Crippen LogP contribution in [-0.4, -0.2) is 84.0 Å². The van der Waals surface area contributed by atoms with E-state index in [0.29, 0.717) is 51.0 Å². The molecule has 0 radical (unpaired) electrons. The lowest BCUT2D eigenvalue weighted by Gasteiger charge is -2.47. The van der Waals surface area contributed by atoms with Crippen LogP contribution in [0.3, 0.4) is 0 Å². The number of fused-ring (bicyclic) bond motifs is 4. The Balaban J connectivity index is 1.41. The van der Waals surface area contributed by atoms with E-state index in [1.807, 2.05) is 42.7 Å². The van der Waals surface area contributed by atoms with Crippen molar-refractivity contribution in [2.24, 2.45) is 0 Å². The second-order valence-corrected chi connectivity index (χ2v) is 11.1. The van der Waals surface area contributed by atoms with Gasteiger partial charge in [-0.25, -0.2) is 9.59 Å². The second kappa shape index (κ2) is 9.21. The Bertz CT molecular complexity index is 957. The fourth-order valence-electron chi connectivity index (χ4n) is 5.48. The molecule has 1 aromatic rings. The van der Waals surface area contributed by atoms with Crippen LogP contribution in [0.1, 0.15) is 56.3 Å². The van der Waals surface area contributed by atoms with E-state index in [2.05, 4.69) is 0 Å². The highest BCUT2D eigenvalue weighted by atomic mass is 35.5. The van der Waals surface area contributed by atoms with E-state index in [4.69, 9.17) is 25.8 Å². The summed E-state index contributed by atoms with van der Waals surface area (Å²) < 4.78 is 17.3. The molecule has 5 aliphatic rings. The molecule has 4 saturated heterocycles. The first-order valence-electron chi connectivity index (χ1n) is 12.3. The first-order valence-corrected chi connectivity index (χ1v) is 12.6. The largest absolute Gasteiger partial charge is 0.444 e. The highest BCUT2D eigenvalue weighted by Crippen LogP contribution is 2.36. The molecule has 0 aliphatic carbocycles. The Kier molecular flexibility index (Phi) is 6.42. The summed E-state index contributed by atoms with van der Waals surface area (Å²) in [5.74, 6) is 0. The quantitative estimate of drug-likeness (QED) is 0.594. The van der Waals surface area contributed by atoms with Gasteiger partial charge in [-0.2, -0.15) is 0 Å². The third-order valence-electron chi connectivity index (χ3n) is 7.16. The van der Waals surface area contributed by atoms with Gasteiger partial charge in [0.25, 0.3) is 0 Å². The number of ether oxygens (including phenoxy) is 3. The van der Waals surface area contributed by atoms with E-state index in [1.165, 1.54) is 0 Å². The number of nitrogens with zero attached hydrogens (tertiary/aromatic N) is 3. The summed E-state index contributed by atoms with van der Waals surface area (Å²) in [6.07, 6.45) is 2.56.